The molecular weight excluding hydrogens is 261 g/mol. The standard InChI is InChI=1S/C18H16NP/c1-4-10-16(11-5-1)19-20(17-12-6-2-7-13-17)18-14-8-3-9-15-18/h1-15,19H/p+1. The molecule has 0 saturated carbocycles. The van der Waals surface area contributed by atoms with Crippen molar-refractivity contribution in [1.82, 2.24) is 0 Å². The van der Waals surface area contributed by atoms with Gasteiger partial charge in [-0.05, 0) is 36.4 Å². The van der Waals surface area contributed by atoms with Crippen LogP contribution >= 0.6 is 8.07 Å². The first-order valence-corrected chi connectivity index (χ1v) is 8.14. The van der Waals surface area contributed by atoms with E-state index in [0.29, 0.717) is 0 Å². The monoisotopic (exact) mass is 278 g/mol. The molecule has 2 N–H and O–H groups in total. The van der Waals surface area contributed by atoms with E-state index in [4.69, 9.17) is 0 Å². The van der Waals surface area contributed by atoms with Crippen LogP contribution < -0.4 is 15.7 Å². The van der Waals surface area contributed by atoms with Crippen molar-refractivity contribution in [3.05, 3.63) is 91.0 Å². The Bertz CT molecular complexity index is 599. The quantitative estimate of drug-likeness (QED) is 0.558. The van der Waals surface area contributed by atoms with Crippen LogP contribution in [0, 0.1) is 0 Å². The molecule has 2 heteroatoms. The molecule has 0 saturated heterocycles. The number of benzene rings is 3. The zero-order chi connectivity index (χ0) is 13.6. The van der Waals surface area contributed by atoms with Crippen molar-refractivity contribution in [3.63, 3.8) is 0 Å². The van der Waals surface area contributed by atoms with Crippen molar-refractivity contribution in [2.24, 2.45) is 0 Å². The zero-order valence-corrected chi connectivity index (χ0v) is 12.1. The first-order valence-electron chi connectivity index (χ1n) is 6.73. The lowest BCUT2D eigenvalue weighted by Gasteiger charge is -2.14. The zero-order valence-electron chi connectivity index (χ0n) is 11.2. The topological polar surface area (TPSA) is 16.6 Å². The van der Waals surface area contributed by atoms with Gasteiger partial charge >= 0.3 is 0 Å². The Labute approximate surface area is 121 Å². The minimum absolute atomic E-state index is 0.452. The van der Waals surface area contributed by atoms with Crippen LogP contribution in [0.2, 0.25) is 0 Å². The van der Waals surface area contributed by atoms with E-state index in [2.05, 4.69) is 96.1 Å². The van der Waals surface area contributed by atoms with Crippen molar-refractivity contribution in [1.29, 1.82) is 0 Å². The van der Waals surface area contributed by atoms with E-state index in [1.165, 1.54) is 16.3 Å². The van der Waals surface area contributed by atoms with E-state index in [1.54, 1.807) is 0 Å². The van der Waals surface area contributed by atoms with Crippen LogP contribution in [0.3, 0.4) is 0 Å². The van der Waals surface area contributed by atoms with Crippen LogP contribution in [-0.2, 0) is 0 Å². The largest absolute Gasteiger partial charge is 0.293 e. The van der Waals surface area contributed by atoms with Gasteiger partial charge < -0.3 is 0 Å². The average molecular weight is 278 g/mol. The van der Waals surface area contributed by atoms with E-state index >= 15 is 0 Å². The molecule has 98 valence electrons. The molecule has 0 aromatic heterocycles. The van der Waals surface area contributed by atoms with Gasteiger partial charge in [-0.2, -0.15) is 0 Å². The fourth-order valence-corrected chi connectivity index (χ4v) is 4.22. The molecule has 0 heterocycles. The van der Waals surface area contributed by atoms with Crippen LogP contribution in [-0.4, -0.2) is 0 Å². The molecule has 0 amide bonds. The maximum absolute atomic E-state index is 2.39. The first-order chi connectivity index (χ1) is 9.93. The Hall–Kier alpha value is -1.95. The second kappa shape index (κ2) is 6.47. The first kappa shape index (κ1) is 13.1. The molecule has 0 fully saturated rings. The third-order valence-corrected chi connectivity index (χ3v) is 5.41. The molecule has 3 aromatic carbocycles. The molecule has 0 bridgehead atoms. The average Bonchev–Trinajstić information content (AvgIpc) is 2.55. The van der Waals surface area contributed by atoms with Gasteiger partial charge in [0.15, 0.2) is 8.07 Å². The molecule has 1 nitrogen and oxygen atoms in total. The molecule has 0 aliphatic rings. The maximum Gasteiger partial charge on any atom is 0.170 e. The molecule has 0 radical (unpaired) electrons. The minimum Gasteiger partial charge on any atom is -0.293 e. The lowest BCUT2D eigenvalue weighted by Crippen LogP contribution is -2.74. The number of nitrogens with two attached hydrogens (primary N) is 1. The predicted octanol–water partition coefficient (Wildman–Crippen LogP) is 2.93. The Morgan fingerprint density at radius 3 is 1.35 bits per heavy atom. The summed E-state index contributed by atoms with van der Waals surface area (Å²) in [5, 5.41) is 5.16. The van der Waals surface area contributed by atoms with Gasteiger partial charge in [-0.1, -0.05) is 54.6 Å². The van der Waals surface area contributed by atoms with E-state index in [9.17, 15) is 0 Å². The molecule has 3 aromatic rings. The highest BCUT2D eigenvalue weighted by Crippen LogP contribution is 2.23. The van der Waals surface area contributed by atoms with Crippen molar-refractivity contribution in [2.45, 2.75) is 0 Å². The smallest absolute Gasteiger partial charge is 0.170 e. The second-order valence-electron chi connectivity index (χ2n) is 4.58. The van der Waals surface area contributed by atoms with Crippen LogP contribution in [0.15, 0.2) is 91.0 Å². The molecule has 0 atom stereocenters. The van der Waals surface area contributed by atoms with Crippen molar-refractivity contribution in [2.75, 3.05) is 0 Å². The van der Waals surface area contributed by atoms with Crippen molar-refractivity contribution < 1.29 is 5.09 Å². The predicted molar refractivity (Wildman–Crippen MR) is 87.1 cm³/mol. The summed E-state index contributed by atoms with van der Waals surface area (Å²) in [5.74, 6) is 0. The summed E-state index contributed by atoms with van der Waals surface area (Å²) in [6, 6.07) is 32.1. The van der Waals surface area contributed by atoms with Crippen molar-refractivity contribution >= 4 is 24.4 Å². The van der Waals surface area contributed by atoms with Gasteiger partial charge in [0, 0.05) is 10.6 Å². The Kier molecular flexibility index (Phi) is 4.22. The maximum atomic E-state index is 2.39. The second-order valence-corrected chi connectivity index (χ2v) is 6.61. The van der Waals surface area contributed by atoms with Crippen LogP contribution in [0.25, 0.3) is 0 Å². The summed E-state index contributed by atoms with van der Waals surface area (Å²) in [7, 11) is -0.452. The fraction of sp³-hybridized carbons (Fsp3) is 0. The Morgan fingerprint density at radius 2 is 0.900 bits per heavy atom. The molecule has 20 heavy (non-hydrogen) atoms. The fourth-order valence-electron chi connectivity index (χ4n) is 2.16. The Balaban J connectivity index is 1.96. The lowest BCUT2D eigenvalue weighted by atomic mass is 10.3. The highest BCUT2D eigenvalue weighted by Gasteiger charge is 2.19. The van der Waals surface area contributed by atoms with Crippen LogP contribution in [0.4, 0.5) is 5.69 Å². The van der Waals surface area contributed by atoms with Gasteiger partial charge in [-0.25, -0.2) is 0 Å². The number of hydrogen-bond donors (Lipinski definition) is 1. The molecular formula is C18H17NP+. The lowest BCUT2D eigenvalue weighted by molar-refractivity contribution is -0.391. The van der Waals surface area contributed by atoms with Crippen LogP contribution in [0.5, 0.6) is 0 Å². The van der Waals surface area contributed by atoms with E-state index in [-0.39, 0.29) is 0 Å². The van der Waals surface area contributed by atoms with Gasteiger partial charge in [-0.15, -0.1) is 0 Å². The SMILES string of the molecule is c1ccc([NH2+]P(c2ccccc2)c2ccccc2)cc1. The number of quaternary nitrogens is 1. The van der Waals surface area contributed by atoms with Gasteiger partial charge in [-0.3, -0.25) is 5.09 Å². The third-order valence-electron chi connectivity index (χ3n) is 3.15. The van der Waals surface area contributed by atoms with E-state index in [1.807, 2.05) is 0 Å². The molecule has 3 rings (SSSR count). The summed E-state index contributed by atoms with van der Waals surface area (Å²) in [5.41, 5.74) is 1.28. The van der Waals surface area contributed by atoms with Gasteiger partial charge in [0.05, 0.1) is 0 Å². The third kappa shape index (κ3) is 3.14. The van der Waals surface area contributed by atoms with E-state index < -0.39 is 8.07 Å². The summed E-state index contributed by atoms with van der Waals surface area (Å²) in [6.07, 6.45) is 0. The van der Waals surface area contributed by atoms with Gasteiger partial charge in [0.1, 0.15) is 5.69 Å². The highest BCUT2D eigenvalue weighted by molar-refractivity contribution is 7.66. The number of rotatable bonds is 4. The summed E-state index contributed by atoms with van der Waals surface area (Å²) >= 11 is 0. The minimum atomic E-state index is -0.452. The van der Waals surface area contributed by atoms with E-state index in [0.717, 1.165) is 0 Å². The van der Waals surface area contributed by atoms with Gasteiger partial charge in [0.2, 0.25) is 0 Å². The van der Waals surface area contributed by atoms with Gasteiger partial charge in [0.25, 0.3) is 0 Å². The molecule has 0 aliphatic carbocycles. The summed E-state index contributed by atoms with van der Waals surface area (Å²) in [4.78, 5) is 0. The normalized spacial score (nSPS) is 10.7. The van der Waals surface area contributed by atoms with Crippen molar-refractivity contribution in [3.8, 4) is 0 Å². The molecule has 0 unspecified atom stereocenters. The summed E-state index contributed by atoms with van der Waals surface area (Å²) < 4.78 is 0. The number of hydrogen-bond acceptors (Lipinski definition) is 0. The molecule has 0 spiro atoms. The summed E-state index contributed by atoms with van der Waals surface area (Å²) in [6.45, 7) is 0. The highest BCUT2D eigenvalue weighted by atomic mass is 31.1. The Morgan fingerprint density at radius 1 is 0.500 bits per heavy atom. The molecule has 0 aliphatic heterocycles. The van der Waals surface area contributed by atoms with Crippen LogP contribution in [0.1, 0.15) is 0 Å².